The SMILES string of the molecule is [C-]#[N+]c1cccc(N2CCN(C)CC2)n1. The lowest BCUT2D eigenvalue weighted by molar-refractivity contribution is 0.312. The number of hydrogen-bond acceptors (Lipinski definition) is 3. The van der Waals surface area contributed by atoms with Crippen LogP contribution >= 0.6 is 0 Å². The standard InChI is InChI=1S/C11H14N4/c1-12-10-4-3-5-11(13-10)15-8-6-14(2)7-9-15/h3-5H,6-9H2,2H3. The maximum Gasteiger partial charge on any atom is 0.271 e. The fourth-order valence-corrected chi connectivity index (χ4v) is 1.69. The first-order chi connectivity index (χ1) is 7.29. The zero-order valence-corrected chi connectivity index (χ0v) is 8.85. The maximum atomic E-state index is 6.92. The lowest BCUT2D eigenvalue weighted by Crippen LogP contribution is -2.44. The summed E-state index contributed by atoms with van der Waals surface area (Å²) in [5, 5.41) is 0. The number of likely N-dealkylation sites (N-methyl/N-ethyl adjacent to an activating group) is 1. The second kappa shape index (κ2) is 4.28. The average Bonchev–Trinajstić information content (AvgIpc) is 2.30. The molecule has 1 aliphatic heterocycles. The largest absolute Gasteiger partial charge is 0.361 e. The van der Waals surface area contributed by atoms with Crippen molar-refractivity contribution < 1.29 is 0 Å². The fourth-order valence-electron chi connectivity index (χ4n) is 1.69. The van der Waals surface area contributed by atoms with Crippen LogP contribution in [0.3, 0.4) is 0 Å². The average molecular weight is 202 g/mol. The van der Waals surface area contributed by atoms with E-state index in [2.05, 4.69) is 26.7 Å². The third-order valence-corrected chi connectivity index (χ3v) is 2.66. The van der Waals surface area contributed by atoms with E-state index in [1.54, 1.807) is 6.07 Å². The van der Waals surface area contributed by atoms with Crippen molar-refractivity contribution in [2.24, 2.45) is 0 Å². The van der Waals surface area contributed by atoms with Gasteiger partial charge in [0.05, 0.1) is 0 Å². The minimum Gasteiger partial charge on any atom is -0.361 e. The van der Waals surface area contributed by atoms with Gasteiger partial charge in [-0.2, -0.15) is 0 Å². The van der Waals surface area contributed by atoms with E-state index >= 15 is 0 Å². The van der Waals surface area contributed by atoms with Gasteiger partial charge in [-0.05, 0) is 13.1 Å². The van der Waals surface area contributed by atoms with Gasteiger partial charge in [0, 0.05) is 32.2 Å². The quantitative estimate of drug-likeness (QED) is 0.643. The predicted octanol–water partition coefficient (Wildman–Crippen LogP) is 1.38. The summed E-state index contributed by atoms with van der Waals surface area (Å²) < 4.78 is 0. The number of hydrogen-bond donors (Lipinski definition) is 0. The number of piperazine rings is 1. The second-order valence-corrected chi connectivity index (χ2v) is 3.76. The number of anilines is 1. The minimum atomic E-state index is 0.478. The van der Waals surface area contributed by atoms with Gasteiger partial charge >= 0.3 is 0 Å². The van der Waals surface area contributed by atoms with E-state index < -0.39 is 0 Å². The fraction of sp³-hybridized carbons (Fsp3) is 0.455. The van der Waals surface area contributed by atoms with E-state index in [0.717, 1.165) is 32.0 Å². The number of aromatic nitrogens is 1. The first-order valence-electron chi connectivity index (χ1n) is 5.07. The normalized spacial score (nSPS) is 17.5. The highest BCUT2D eigenvalue weighted by Gasteiger charge is 2.17. The van der Waals surface area contributed by atoms with Gasteiger partial charge < -0.3 is 14.6 Å². The Morgan fingerprint density at radius 3 is 2.67 bits per heavy atom. The Morgan fingerprint density at radius 1 is 1.27 bits per heavy atom. The molecule has 15 heavy (non-hydrogen) atoms. The van der Waals surface area contributed by atoms with Crippen LogP contribution in [0.4, 0.5) is 11.6 Å². The van der Waals surface area contributed by atoms with Crippen LogP contribution in [0.25, 0.3) is 4.85 Å². The second-order valence-electron chi connectivity index (χ2n) is 3.76. The van der Waals surface area contributed by atoms with Crippen LogP contribution in [0.2, 0.25) is 0 Å². The summed E-state index contributed by atoms with van der Waals surface area (Å²) in [6.07, 6.45) is 0. The molecule has 0 N–H and O–H groups in total. The molecule has 0 saturated carbocycles. The van der Waals surface area contributed by atoms with Crippen LogP contribution in [-0.4, -0.2) is 43.1 Å². The van der Waals surface area contributed by atoms with Crippen molar-refractivity contribution in [3.63, 3.8) is 0 Å². The Bertz CT molecular complexity index is 374. The minimum absolute atomic E-state index is 0.478. The molecule has 0 atom stereocenters. The summed E-state index contributed by atoms with van der Waals surface area (Å²) in [6.45, 7) is 11.0. The molecule has 4 nitrogen and oxygen atoms in total. The van der Waals surface area contributed by atoms with Gasteiger partial charge in [0.1, 0.15) is 0 Å². The first kappa shape index (κ1) is 9.94. The van der Waals surface area contributed by atoms with Crippen molar-refractivity contribution in [1.29, 1.82) is 0 Å². The lowest BCUT2D eigenvalue weighted by Gasteiger charge is -2.31. The highest BCUT2D eigenvalue weighted by atomic mass is 15.3. The zero-order chi connectivity index (χ0) is 10.7. The molecule has 2 rings (SSSR count). The van der Waals surface area contributed by atoms with Gasteiger partial charge in [-0.3, -0.25) is 0 Å². The molecule has 2 heterocycles. The number of nitrogens with zero attached hydrogens (tertiary/aromatic N) is 4. The van der Waals surface area contributed by atoms with Crippen molar-refractivity contribution in [3.05, 3.63) is 29.6 Å². The lowest BCUT2D eigenvalue weighted by atomic mass is 10.3. The Balaban J connectivity index is 2.12. The zero-order valence-electron chi connectivity index (χ0n) is 8.85. The molecule has 1 fully saturated rings. The number of rotatable bonds is 1. The molecule has 1 saturated heterocycles. The van der Waals surface area contributed by atoms with Crippen LogP contribution < -0.4 is 4.90 Å². The summed E-state index contributed by atoms with van der Waals surface area (Å²) in [7, 11) is 2.13. The van der Waals surface area contributed by atoms with E-state index in [-0.39, 0.29) is 0 Å². The highest BCUT2D eigenvalue weighted by molar-refractivity contribution is 5.47. The van der Waals surface area contributed by atoms with Crippen molar-refractivity contribution >= 4 is 11.6 Å². The highest BCUT2D eigenvalue weighted by Crippen LogP contribution is 2.17. The molecule has 0 aliphatic carbocycles. The third kappa shape index (κ3) is 2.25. The van der Waals surface area contributed by atoms with Crippen LogP contribution in [0.5, 0.6) is 0 Å². The van der Waals surface area contributed by atoms with Gasteiger partial charge in [-0.15, -0.1) is 4.98 Å². The molecule has 0 amide bonds. The molecule has 0 radical (unpaired) electrons. The molecular weight excluding hydrogens is 188 g/mol. The summed E-state index contributed by atoms with van der Waals surface area (Å²) in [5.41, 5.74) is 0. The van der Waals surface area contributed by atoms with Gasteiger partial charge in [-0.1, -0.05) is 12.6 Å². The van der Waals surface area contributed by atoms with E-state index in [1.807, 2.05) is 12.1 Å². The van der Waals surface area contributed by atoms with Crippen molar-refractivity contribution in [1.82, 2.24) is 9.88 Å². The van der Waals surface area contributed by atoms with Crippen LogP contribution in [0.1, 0.15) is 0 Å². The van der Waals surface area contributed by atoms with E-state index in [9.17, 15) is 0 Å². The van der Waals surface area contributed by atoms with Gasteiger partial charge in [-0.25, -0.2) is 0 Å². The van der Waals surface area contributed by atoms with E-state index in [4.69, 9.17) is 6.57 Å². The Hall–Kier alpha value is -1.60. The van der Waals surface area contributed by atoms with Gasteiger partial charge in [0.25, 0.3) is 5.82 Å². The molecule has 0 bridgehead atoms. The summed E-state index contributed by atoms with van der Waals surface area (Å²) in [5.74, 6) is 1.41. The Kier molecular flexibility index (Phi) is 2.84. The summed E-state index contributed by atoms with van der Waals surface area (Å²) in [6, 6.07) is 5.61. The van der Waals surface area contributed by atoms with Crippen LogP contribution in [-0.2, 0) is 0 Å². The molecule has 1 aromatic rings. The molecule has 78 valence electrons. The first-order valence-corrected chi connectivity index (χ1v) is 5.07. The smallest absolute Gasteiger partial charge is 0.271 e. The van der Waals surface area contributed by atoms with E-state index in [0.29, 0.717) is 5.82 Å². The van der Waals surface area contributed by atoms with Crippen molar-refractivity contribution in [2.75, 3.05) is 38.1 Å². The van der Waals surface area contributed by atoms with E-state index in [1.165, 1.54) is 0 Å². The molecule has 0 unspecified atom stereocenters. The van der Waals surface area contributed by atoms with Crippen LogP contribution in [0, 0.1) is 6.57 Å². The van der Waals surface area contributed by atoms with Crippen LogP contribution in [0.15, 0.2) is 18.2 Å². The van der Waals surface area contributed by atoms with Gasteiger partial charge in [0.2, 0.25) is 5.82 Å². The topological polar surface area (TPSA) is 23.7 Å². The molecule has 1 aliphatic rings. The molecular formula is C11H14N4. The van der Waals surface area contributed by atoms with Gasteiger partial charge in [0.15, 0.2) is 0 Å². The molecule has 0 aromatic carbocycles. The monoisotopic (exact) mass is 202 g/mol. The Labute approximate surface area is 90.0 Å². The summed E-state index contributed by atoms with van der Waals surface area (Å²) >= 11 is 0. The number of pyridine rings is 1. The molecule has 0 spiro atoms. The van der Waals surface area contributed by atoms with Crippen molar-refractivity contribution in [3.8, 4) is 0 Å². The van der Waals surface area contributed by atoms with Crippen molar-refractivity contribution in [2.45, 2.75) is 0 Å². The summed E-state index contributed by atoms with van der Waals surface area (Å²) in [4.78, 5) is 12.2. The third-order valence-electron chi connectivity index (χ3n) is 2.66. The Morgan fingerprint density at radius 2 is 2.00 bits per heavy atom. The predicted molar refractivity (Wildman–Crippen MR) is 60.2 cm³/mol. The molecule has 1 aromatic heterocycles. The maximum absolute atomic E-state index is 6.92. The molecule has 4 heteroatoms.